The molecule has 0 aliphatic heterocycles. The molecule has 0 amide bonds. The van der Waals surface area contributed by atoms with Gasteiger partial charge in [0, 0.05) is 0 Å². The normalized spacial score (nSPS) is 11.1. The quantitative estimate of drug-likeness (QED) is 0.686. The van der Waals surface area contributed by atoms with Gasteiger partial charge in [-0.3, -0.25) is 0 Å². The van der Waals surface area contributed by atoms with Crippen LogP contribution < -0.4 is 0 Å². The van der Waals surface area contributed by atoms with E-state index in [9.17, 15) is 0 Å². The summed E-state index contributed by atoms with van der Waals surface area (Å²) < 4.78 is 0. The summed E-state index contributed by atoms with van der Waals surface area (Å²) in [5.74, 6) is 1.23. The molecule has 1 heteroatoms. The van der Waals surface area contributed by atoms with Crippen molar-refractivity contribution in [2.75, 3.05) is 0 Å². The molecule has 1 unspecified atom stereocenters. The van der Waals surface area contributed by atoms with Crippen molar-refractivity contribution in [1.29, 1.82) is 0 Å². The molecule has 62 valence electrons. The maximum Gasteiger partial charge on any atom is 2.00 e. The van der Waals surface area contributed by atoms with Gasteiger partial charge < -0.3 is 13.8 Å². The Hall–Kier alpha value is 0.688. The maximum absolute atomic E-state index is 3.89. The summed E-state index contributed by atoms with van der Waals surface area (Å²) in [7, 11) is 0. The molecule has 0 fully saturated rings. The van der Waals surface area contributed by atoms with E-state index in [1.807, 2.05) is 13.8 Å². The van der Waals surface area contributed by atoms with E-state index < -0.39 is 0 Å². The summed E-state index contributed by atoms with van der Waals surface area (Å²) in [6, 6.07) is 0. The van der Waals surface area contributed by atoms with E-state index in [0.717, 1.165) is 6.42 Å². The van der Waals surface area contributed by atoms with Gasteiger partial charge in [-0.25, -0.2) is 6.42 Å². The van der Waals surface area contributed by atoms with E-state index in [2.05, 4.69) is 27.7 Å². The molecule has 0 aromatic heterocycles. The molecule has 0 nitrogen and oxygen atoms in total. The smallest absolute Gasteiger partial charge is 0.345 e. The van der Waals surface area contributed by atoms with E-state index in [-0.39, 0.29) is 21.1 Å². The minimum atomic E-state index is 0. The van der Waals surface area contributed by atoms with Crippen LogP contribution in [0.2, 0.25) is 0 Å². The zero-order chi connectivity index (χ0) is 7.86. The van der Waals surface area contributed by atoms with Crippen LogP contribution in [0.1, 0.15) is 34.1 Å². The van der Waals surface area contributed by atoms with Gasteiger partial charge in [-0.15, -0.1) is 0 Å². The van der Waals surface area contributed by atoms with Gasteiger partial charge in [0.2, 0.25) is 0 Å². The Morgan fingerprint density at radius 2 is 1.50 bits per heavy atom. The van der Waals surface area contributed by atoms with Crippen molar-refractivity contribution in [3.8, 4) is 0 Å². The first-order valence-electron chi connectivity index (χ1n) is 3.80. The van der Waals surface area contributed by atoms with Crippen molar-refractivity contribution in [2.45, 2.75) is 34.1 Å². The molecular formula is C9H20W. The Labute approximate surface area is 81.1 Å². The minimum Gasteiger partial charge on any atom is -0.345 e. The van der Waals surface area contributed by atoms with Crippen LogP contribution in [0, 0.1) is 25.7 Å². The van der Waals surface area contributed by atoms with Crippen LogP contribution in [0.5, 0.6) is 0 Å². The summed E-state index contributed by atoms with van der Waals surface area (Å²) >= 11 is 0. The molecule has 0 rings (SSSR count). The van der Waals surface area contributed by atoms with Gasteiger partial charge in [-0.05, 0) is 0 Å². The van der Waals surface area contributed by atoms with Gasteiger partial charge in [0.25, 0.3) is 0 Å². The minimum absolute atomic E-state index is 0. The van der Waals surface area contributed by atoms with E-state index in [4.69, 9.17) is 0 Å². The largest absolute Gasteiger partial charge is 2.00 e. The molecule has 0 aliphatic carbocycles. The van der Waals surface area contributed by atoms with Crippen molar-refractivity contribution in [2.24, 2.45) is 11.8 Å². The number of hydrogen-bond donors (Lipinski definition) is 0. The standard InChI is InChI=1S/C7H14.C2H6.W/c1-5-7(4)6(2)3;1-2;/h6-7H,1,4-5H2,2-3H3;1-2H3;/q-2;;+2. The Bertz CT molecular complexity index is 42.0. The predicted molar refractivity (Wildman–Crippen MR) is 45.0 cm³/mol. The summed E-state index contributed by atoms with van der Waals surface area (Å²) in [4.78, 5) is 0. The van der Waals surface area contributed by atoms with Crippen LogP contribution in [0.4, 0.5) is 0 Å². The average Bonchev–Trinajstić information content (AvgIpc) is 1.91. The van der Waals surface area contributed by atoms with Gasteiger partial charge in [-0.2, -0.15) is 5.92 Å². The van der Waals surface area contributed by atoms with Gasteiger partial charge in [0.05, 0.1) is 0 Å². The van der Waals surface area contributed by atoms with Gasteiger partial charge in [0.1, 0.15) is 0 Å². The molecule has 0 N–H and O–H groups in total. The Balaban J connectivity index is -0.000000149. The average molecular weight is 312 g/mol. The first kappa shape index (κ1) is 17.0. The summed E-state index contributed by atoms with van der Waals surface area (Å²) in [5, 5.41) is 0. The molecule has 0 aromatic rings. The van der Waals surface area contributed by atoms with Crippen LogP contribution >= 0.6 is 0 Å². The second-order valence-electron chi connectivity index (χ2n) is 2.29. The van der Waals surface area contributed by atoms with Gasteiger partial charge in [-0.1, -0.05) is 33.6 Å². The zero-order valence-corrected chi connectivity index (χ0v) is 10.6. The molecule has 0 saturated carbocycles. The van der Waals surface area contributed by atoms with E-state index in [1.165, 1.54) is 0 Å². The molecule has 1 atom stereocenters. The third-order valence-corrected chi connectivity index (χ3v) is 1.31. The molecular weight excluding hydrogens is 292 g/mol. The Morgan fingerprint density at radius 3 is 1.50 bits per heavy atom. The van der Waals surface area contributed by atoms with Crippen molar-refractivity contribution in [3.63, 3.8) is 0 Å². The first-order valence-corrected chi connectivity index (χ1v) is 3.80. The van der Waals surface area contributed by atoms with Crippen LogP contribution in [0.15, 0.2) is 0 Å². The molecule has 0 spiro atoms. The SMILES string of the molecule is CC.[CH2-]CC([CH2-])C(C)C.[W+2]. The zero-order valence-electron chi connectivity index (χ0n) is 7.68. The molecule has 0 bridgehead atoms. The van der Waals surface area contributed by atoms with Crippen LogP contribution in [0.3, 0.4) is 0 Å². The third-order valence-electron chi connectivity index (χ3n) is 1.31. The molecule has 0 heterocycles. The summed E-state index contributed by atoms with van der Waals surface area (Å²) in [6.45, 7) is 16.0. The van der Waals surface area contributed by atoms with Crippen molar-refractivity contribution < 1.29 is 21.1 Å². The van der Waals surface area contributed by atoms with Crippen LogP contribution in [-0.2, 0) is 21.1 Å². The van der Waals surface area contributed by atoms with Crippen molar-refractivity contribution >= 4 is 0 Å². The fourth-order valence-electron chi connectivity index (χ4n) is 0.333. The van der Waals surface area contributed by atoms with Crippen LogP contribution in [0.25, 0.3) is 0 Å². The van der Waals surface area contributed by atoms with E-state index >= 15 is 0 Å². The van der Waals surface area contributed by atoms with Gasteiger partial charge >= 0.3 is 21.1 Å². The third kappa shape index (κ3) is 11.5. The first-order chi connectivity index (χ1) is 4.18. The predicted octanol–water partition coefficient (Wildman–Crippen LogP) is 3.34. The fourth-order valence-corrected chi connectivity index (χ4v) is 0.333. The van der Waals surface area contributed by atoms with Crippen LogP contribution in [-0.4, -0.2) is 0 Å². The van der Waals surface area contributed by atoms with Crippen molar-refractivity contribution in [3.05, 3.63) is 13.8 Å². The summed E-state index contributed by atoms with van der Waals surface area (Å²) in [5.41, 5.74) is 0. The Kier molecular flexibility index (Phi) is 21.0. The van der Waals surface area contributed by atoms with Gasteiger partial charge in [0.15, 0.2) is 0 Å². The Morgan fingerprint density at radius 1 is 1.20 bits per heavy atom. The molecule has 0 saturated heterocycles. The topological polar surface area (TPSA) is 0 Å². The fraction of sp³-hybridized carbons (Fsp3) is 0.778. The molecule has 10 heavy (non-hydrogen) atoms. The molecule has 0 radical (unpaired) electrons. The van der Waals surface area contributed by atoms with E-state index in [1.54, 1.807) is 0 Å². The maximum atomic E-state index is 3.89. The summed E-state index contributed by atoms with van der Waals surface area (Å²) in [6.07, 6.45) is 0.956. The number of rotatable bonds is 2. The second-order valence-corrected chi connectivity index (χ2v) is 2.29. The molecule has 0 aromatic carbocycles. The molecule has 0 aliphatic rings. The van der Waals surface area contributed by atoms with E-state index in [0.29, 0.717) is 11.8 Å². The van der Waals surface area contributed by atoms with Crippen molar-refractivity contribution in [1.82, 2.24) is 0 Å². The monoisotopic (exact) mass is 312 g/mol. The second kappa shape index (κ2) is 12.4. The number of hydrogen-bond acceptors (Lipinski definition) is 0.